The fourth-order valence-corrected chi connectivity index (χ4v) is 2.05. The van der Waals surface area contributed by atoms with E-state index in [-0.39, 0.29) is 0 Å². The van der Waals surface area contributed by atoms with E-state index >= 15 is 0 Å². The van der Waals surface area contributed by atoms with Crippen LogP contribution in [-0.2, 0) is 6.42 Å². The highest BCUT2D eigenvalue weighted by Gasteiger charge is 2.06. The highest BCUT2D eigenvalue weighted by molar-refractivity contribution is 7.98. The van der Waals surface area contributed by atoms with Gasteiger partial charge >= 0.3 is 0 Å². The van der Waals surface area contributed by atoms with Crippen LogP contribution in [0.2, 0.25) is 0 Å². The zero-order valence-corrected chi connectivity index (χ0v) is 12.1. The van der Waals surface area contributed by atoms with Gasteiger partial charge in [-0.05, 0) is 56.0 Å². The first kappa shape index (κ1) is 15.2. The van der Waals surface area contributed by atoms with Gasteiger partial charge in [0.05, 0.1) is 13.2 Å². The molecule has 1 aromatic carbocycles. The summed E-state index contributed by atoms with van der Waals surface area (Å²) in [7, 11) is 0. The van der Waals surface area contributed by atoms with Crippen molar-refractivity contribution in [2.45, 2.75) is 19.8 Å². The molecule has 102 valence electrons. The molecule has 0 heterocycles. The molecule has 0 spiro atoms. The SMILES string of the molecule is CCOc1cc(CCN)ccc1OCCCSC. The Kier molecular flexibility index (Phi) is 7.69. The van der Waals surface area contributed by atoms with Gasteiger partial charge in [0.1, 0.15) is 0 Å². The van der Waals surface area contributed by atoms with Crippen molar-refractivity contribution < 1.29 is 9.47 Å². The summed E-state index contributed by atoms with van der Waals surface area (Å²) in [5.74, 6) is 2.78. The van der Waals surface area contributed by atoms with Crippen LogP contribution < -0.4 is 15.2 Å². The maximum atomic E-state index is 5.76. The third kappa shape index (κ3) is 5.19. The summed E-state index contributed by atoms with van der Waals surface area (Å²) >= 11 is 1.84. The summed E-state index contributed by atoms with van der Waals surface area (Å²) in [5.41, 5.74) is 6.75. The zero-order chi connectivity index (χ0) is 13.2. The maximum Gasteiger partial charge on any atom is 0.161 e. The molecule has 0 atom stereocenters. The van der Waals surface area contributed by atoms with E-state index in [1.54, 1.807) is 0 Å². The summed E-state index contributed by atoms with van der Waals surface area (Å²) in [6.45, 7) is 4.01. The standard InChI is InChI=1S/C14H23NO2S/c1-3-16-14-11-12(7-8-15)5-6-13(14)17-9-4-10-18-2/h5-6,11H,3-4,7-10,15H2,1-2H3. The third-order valence-electron chi connectivity index (χ3n) is 2.49. The van der Waals surface area contributed by atoms with E-state index in [0.717, 1.165) is 36.7 Å². The quantitative estimate of drug-likeness (QED) is 0.700. The molecule has 1 aromatic rings. The number of nitrogens with two attached hydrogens (primary N) is 1. The van der Waals surface area contributed by atoms with Gasteiger partial charge in [0.25, 0.3) is 0 Å². The normalized spacial score (nSPS) is 10.4. The molecule has 0 aliphatic carbocycles. The summed E-state index contributed by atoms with van der Waals surface area (Å²) in [5, 5.41) is 0. The van der Waals surface area contributed by atoms with Crippen LogP contribution in [0.15, 0.2) is 18.2 Å². The Hall–Kier alpha value is -0.870. The van der Waals surface area contributed by atoms with Gasteiger partial charge in [-0.1, -0.05) is 6.07 Å². The smallest absolute Gasteiger partial charge is 0.161 e. The highest BCUT2D eigenvalue weighted by Crippen LogP contribution is 2.28. The molecule has 2 N–H and O–H groups in total. The molecular weight excluding hydrogens is 246 g/mol. The predicted molar refractivity (Wildman–Crippen MR) is 78.9 cm³/mol. The Morgan fingerprint density at radius 2 is 2.06 bits per heavy atom. The van der Waals surface area contributed by atoms with Crippen LogP contribution in [-0.4, -0.2) is 31.8 Å². The highest BCUT2D eigenvalue weighted by atomic mass is 32.2. The number of hydrogen-bond donors (Lipinski definition) is 1. The molecule has 0 unspecified atom stereocenters. The van der Waals surface area contributed by atoms with Crippen LogP contribution in [0.1, 0.15) is 18.9 Å². The minimum Gasteiger partial charge on any atom is -0.490 e. The first-order valence-corrected chi connectivity index (χ1v) is 7.78. The molecule has 1 rings (SSSR count). The first-order valence-electron chi connectivity index (χ1n) is 6.39. The van der Waals surface area contributed by atoms with Crippen molar-refractivity contribution in [3.63, 3.8) is 0 Å². The number of rotatable bonds is 9. The largest absolute Gasteiger partial charge is 0.490 e. The van der Waals surface area contributed by atoms with Gasteiger partial charge in [-0.25, -0.2) is 0 Å². The maximum absolute atomic E-state index is 5.76. The van der Waals surface area contributed by atoms with E-state index in [1.165, 1.54) is 5.56 Å². The van der Waals surface area contributed by atoms with E-state index in [9.17, 15) is 0 Å². The van der Waals surface area contributed by atoms with Gasteiger partial charge < -0.3 is 15.2 Å². The molecule has 0 aliphatic rings. The molecule has 0 aliphatic heterocycles. The van der Waals surface area contributed by atoms with Gasteiger partial charge in [-0.2, -0.15) is 11.8 Å². The molecule has 0 fully saturated rings. The Bertz CT molecular complexity index is 345. The van der Waals surface area contributed by atoms with Crippen LogP contribution in [0.5, 0.6) is 11.5 Å². The molecule has 0 radical (unpaired) electrons. The lowest BCUT2D eigenvalue weighted by Gasteiger charge is -2.13. The van der Waals surface area contributed by atoms with E-state index in [0.29, 0.717) is 13.2 Å². The van der Waals surface area contributed by atoms with Gasteiger partial charge in [0.2, 0.25) is 0 Å². The van der Waals surface area contributed by atoms with Crippen molar-refractivity contribution in [1.29, 1.82) is 0 Å². The summed E-state index contributed by atoms with van der Waals surface area (Å²) in [4.78, 5) is 0. The van der Waals surface area contributed by atoms with Crippen LogP contribution in [0.3, 0.4) is 0 Å². The zero-order valence-electron chi connectivity index (χ0n) is 11.3. The van der Waals surface area contributed by atoms with Crippen molar-refractivity contribution in [3.05, 3.63) is 23.8 Å². The van der Waals surface area contributed by atoms with Gasteiger partial charge in [-0.3, -0.25) is 0 Å². The lowest BCUT2D eigenvalue weighted by molar-refractivity contribution is 0.277. The molecule has 0 amide bonds. The molecule has 0 aromatic heterocycles. The van der Waals surface area contributed by atoms with Crippen molar-refractivity contribution in [3.8, 4) is 11.5 Å². The van der Waals surface area contributed by atoms with Crippen molar-refractivity contribution in [1.82, 2.24) is 0 Å². The average Bonchev–Trinajstić information content (AvgIpc) is 2.37. The van der Waals surface area contributed by atoms with Gasteiger partial charge in [-0.15, -0.1) is 0 Å². The Balaban J connectivity index is 2.63. The Morgan fingerprint density at radius 3 is 2.72 bits per heavy atom. The second-order valence-corrected chi connectivity index (χ2v) is 4.93. The molecule has 0 saturated carbocycles. The van der Waals surface area contributed by atoms with Gasteiger partial charge in [0.15, 0.2) is 11.5 Å². The summed E-state index contributed by atoms with van der Waals surface area (Å²) in [6.07, 6.45) is 4.03. The number of ether oxygens (including phenoxy) is 2. The van der Waals surface area contributed by atoms with E-state index in [1.807, 2.05) is 30.8 Å². The number of benzene rings is 1. The minimum absolute atomic E-state index is 0.646. The van der Waals surface area contributed by atoms with Crippen molar-refractivity contribution in [2.24, 2.45) is 5.73 Å². The molecule has 18 heavy (non-hydrogen) atoms. The molecule has 3 nitrogen and oxygen atoms in total. The predicted octanol–water partition coefficient (Wildman–Crippen LogP) is 2.72. The number of thioether (sulfide) groups is 1. The van der Waals surface area contributed by atoms with Crippen molar-refractivity contribution >= 4 is 11.8 Å². The lowest BCUT2D eigenvalue weighted by atomic mass is 10.1. The molecule has 0 bridgehead atoms. The van der Waals surface area contributed by atoms with Crippen LogP contribution in [0, 0.1) is 0 Å². The monoisotopic (exact) mass is 269 g/mol. The van der Waals surface area contributed by atoms with E-state index in [4.69, 9.17) is 15.2 Å². The average molecular weight is 269 g/mol. The first-order chi connectivity index (χ1) is 8.81. The fourth-order valence-electron chi connectivity index (χ4n) is 1.65. The second kappa shape index (κ2) is 9.11. The molecule has 4 heteroatoms. The van der Waals surface area contributed by atoms with Crippen LogP contribution in [0.25, 0.3) is 0 Å². The topological polar surface area (TPSA) is 44.5 Å². The lowest BCUT2D eigenvalue weighted by Crippen LogP contribution is -2.05. The minimum atomic E-state index is 0.646. The number of hydrogen-bond acceptors (Lipinski definition) is 4. The molecule has 0 saturated heterocycles. The Morgan fingerprint density at radius 1 is 1.22 bits per heavy atom. The van der Waals surface area contributed by atoms with Crippen LogP contribution in [0.4, 0.5) is 0 Å². The summed E-state index contributed by atoms with van der Waals surface area (Å²) < 4.78 is 11.4. The Labute approximate surface area is 114 Å². The van der Waals surface area contributed by atoms with Gasteiger partial charge in [0, 0.05) is 0 Å². The molecular formula is C14H23NO2S. The van der Waals surface area contributed by atoms with Crippen LogP contribution >= 0.6 is 11.8 Å². The van der Waals surface area contributed by atoms with E-state index in [2.05, 4.69) is 12.3 Å². The van der Waals surface area contributed by atoms with Crippen molar-refractivity contribution in [2.75, 3.05) is 31.8 Å². The van der Waals surface area contributed by atoms with E-state index < -0.39 is 0 Å². The second-order valence-electron chi connectivity index (χ2n) is 3.95. The third-order valence-corrected chi connectivity index (χ3v) is 3.19. The fraction of sp³-hybridized carbons (Fsp3) is 0.571. The summed E-state index contributed by atoms with van der Waals surface area (Å²) in [6, 6.07) is 6.06.